The highest BCUT2D eigenvalue weighted by Gasteiger charge is 2.22. The Morgan fingerprint density at radius 3 is 2.24 bits per heavy atom. The summed E-state index contributed by atoms with van der Waals surface area (Å²) in [6, 6.07) is 7.86. The Morgan fingerprint density at radius 2 is 1.62 bits per heavy atom. The molecule has 0 radical (unpaired) electrons. The maximum Gasteiger partial charge on any atom is 0.0348 e. The van der Waals surface area contributed by atoms with Crippen molar-refractivity contribution in [1.82, 2.24) is 5.32 Å². The summed E-state index contributed by atoms with van der Waals surface area (Å²) in [4.78, 5) is 0. The van der Waals surface area contributed by atoms with Gasteiger partial charge in [0.2, 0.25) is 0 Å². The van der Waals surface area contributed by atoms with Gasteiger partial charge in [0.05, 0.1) is 0 Å². The fourth-order valence-corrected chi connectivity index (χ4v) is 3.94. The van der Waals surface area contributed by atoms with Crippen LogP contribution < -0.4 is 5.32 Å². The Hall–Kier alpha value is -0.820. The van der Waals surface area contributed by atoms with Gasteiger partial charge in [0.1, 0.15) is 0 Å². The fourth-order valence-electron chi connectivity index (χ4n) is 3.94. The van der Waals surface area contributed by atoms with Crippen LogP contribution in [0.3, 0.4) is 0 Å². The molecule has 0 saturated heterocycles. The minimum absolute atomic E-state index is 0.544. The quantitative estimate of drug-likeness (QED) is 0.672. The second-order valence-corrected chi connectivity index (χ2v) is 6.61. The summed E-state index contributed by atoms with van der Waals surface area (Å²) < 4.78 is 0. The normalized spacial score (nSPS) is 16.0. The molecule has 118 valence electrons. The van der Waals surface area contributed by atoms with Crippen LogP contribution in [0.15, 0.2) is 18.2 Å². The number of fused-ring (bicyclic) bond motifs is 1. The summed E-state index contributed by atoms with van der Waals surface area (Å²) in [6.45, 7) is 7.93. The van der Waals surface area contributed by atoms with Crippen molar-refractivity contribution in [3.05, 3.63) is 34.9 Å². The lowest BCUT2D eigenvalue weighted by atomic mass is 9.83. The molecule has 0 bridgehead atoms. The first kappa shape index (κ1) is 16.5. The van der Waals surface area contributed by atoms with Crippen molar-refractivity contribution >= 4 is 0 Å². The molecule has 1 heteroatoms. The molecule has 1 atom stereocenters. The molecule has 1 aromatic carbocycles. The average Bonchev–Trinajstić information content (AvgIpc) is 2.52. The standard InChI is InChI=1S/C20H33N/c1-4-9-17(10-5-2)20(21-6-3)19-14-13-16-11-7-8-12-18(16)15-19/h13-15,17,20-21H,4-12H2,1-3H3. The van der Waals surface area contributed by atoms with E-state index in [2.05, 4.69) is 44.3 Å². The molecule has 0 aliphatic heterocycles. The molecule has 0 heterocycles. The molecule has 0 amide bonds. The van der Waals surface area contributed by atoms with E-state index >= 15 is 0 Å². The summed E-state index contributed by atoms with van der Waals surface area (Å²) in [7, 11) is 0. The van der Waals surface area contributed by atoms with Gasteiger partial charge in [-0.15, -0.1) is 0 Å². The van der Waals surface area contributed by atoms with Crippen LogP contribution in [0, 0.1) is 5.92 Å². The molecule has 1 aliphatic rings. The number of nitrogens with one attached hydrogen (secondary N) is 1. The van der Waals surface area contributed by atoms with Gasteiger partial charge in [-0.2, -0.15) is 0 Å². The molecule has 0 fully saturated rings. The lowest BCUT2D eigenvalue weighted by Crippen LogP contribution is -2.28. The van der Waals surface area contributed by atoms with Crippen LogP contribution in [0.1, 0.15) is 82.0 Å². The fraction of sp³-hybridized carbons (Fsp3) is 0.700. The predicted molar refractivity (Wildman–Crippen MR) is 92.8 cm³/mol. The van der Waals surface area contributed by atoms with Crippen LogP contribution in [-0.2, 0) is 12.8 Å². The first-order valence-electron chi connectivity index (χ1n) is 9.15. The largest absolute Gasteiger partial charge is 0.310 e. The Kier molecular flexibility index (Phi) is 6.76. The summed E-state index contributed by atoms with van der Waals surface area (Å²) in [5.41, 5.74) is 4.75. The van der Waals surface area contributed by atoms with Gasteiger partial charge in [0.25, 0.3) is 0 Å². The highest BCUT2D eigenvalue weighted by molar-refractivity contribution is 5.35. The second-order valence-electron chi connectivity index (χ2n) is 6.61. The van der Waals surface area contributed by atoms with Crippen molar-refractivity contribution in [1.29, 1.82) is 0 Å². The number of aryl methyl sites for hydroxylation is 2. The molecular formula is C20H33N. The number of rotatable bonds is 8. The first-order valence-corrected chi connectivity index (χ1v) is 9.15. The third kappa shape index (κ3) is 4.32. The van der Waals surface area contributed by atoms with Crippen molar-refractivity contribution < 1.29 is 0 Å². The molecule has 1 nitrogen and oxygen atoms in total. The van der Waals surface area contributed by atoms with Gasteiger partial charge in [-0.25, -0.2) is 0 Å². The second kappa shape index (κ2) is 8.58. The molecule has 1 aliphatic carbocycles. The Morgan fingerprint density at radius 1 is 0.952 bits per heavy atom. The lowest BCUT2D eigenvalue weighted by molar-refractivity contribution is 0.320. The smallest absolute Gasteiger partial charge is 0.0348 e. The number of benzene rings is 1. The van der Waals surface area contributed by atoms with Crippen molar-refractivity contribution in [2.24, 2.45) is 5.92 Å². The zero-order valence-corrected chi connectivity index (χ0v) is 14.3. The third-order valence-corrected chi connectivity index (χ3v) is 4.95. The van der Waals surface area contributed by atoms with Gasteiger partial charge in [0, 0.05) is 6.04 Å². The monoisotopic (exact) mass is 287 g/mol. The summed E-state index contributed by atoms with van der Waals surface area (Å²) in [5, 5.41) is 3.78. The highest BCUT2D eigenvalue weighted by Crippen LogP contribution is 2.32. The van der Waals surface area contributed by atoms with Crippen LogP contribution in [0.25, 0.3) is 0 Å². The minimum Gasteiger partial charge on any atom is -0.310 e. The van der Waals surface area contributed by atoms with E-state index in [1.54, 1.807) is 11.1 Å². The molecule has 21 heavy (non-hydrogen) atoms. The van der Waals surface area contributed by atoms with Crippen molar-refractivity contribution in [2.75, 3.05) is 6.54 Å². The maximum absolute atomic E-state index is 3.78. The van der Waals surface area contributed by atoms with E-state index in [0.717, 1.165) is 12.5 Å². The molecule has 0 saturated carbocycles. The topological polar surface area (TPSA) is 12.0 Å². The Balaban J connectivity index is 2.23. The van der Waals surface area contributed by atoms with Gasteiger partial charge >= 0.3 is 0 Å². The molecular weight excluding hydrogens is 254 g/mol. The molecule has 2 rings (SSSR count). The van der Waals surface area contributed by atoms with E-state index in [9.17, 15) is 0 Å². The van der Waals surface area contributed by atoms with Gasteiger partial charge in [0.15, 0.2) is 0 Å². The summed E-state index contributed by atoms with van der Waals surface area (Å²) >= 11 is 0. The summed E-state index contributed by atoms with van der Waals surface area (Å²) in [5.74, 6) is 0.779. The zero-order chi connectivity index (χ0) is 15.1. The van der Waals surface area contributed by atoms with Crippen LogP contribution in [0.2, 0.25) is 0 Å². The number of hydrogen-bond acceptors (Lipinski definition) is 1. The van der Waals surface area contributed by atoms with Crippen molar-refractivity contribution in [3.63, 3.8) is 0 Å². The van der Waals surface area contributed by atoms with Gasteiger partial charge in [-0.05, 0) is 67.7 Å². The molecule has 1 unspecified atom stereocenters. The van der Waals surface area contributed by atoms with Crippen molar-refractivity contribution in [3.8, 4) is 0 Å². The van der Waals surface area contributed by atoms with E-state index in [1.807, 2.05) is 0 Å². The maximum atomic E-state index is 3.78. The molecule has 0 aromatic heterocycles. The van der Waals surface area contributed by atoms with Crippen LogP contribution in [-0.4, -0.2) is 6.54 Å². The first-order chi connectivity index (χ1) is 10.3. The van der Waals surface area contributed by atoms with Gasteiger partial charge in [-0.3, -0.25) is 0 Å². The lowest BCUT2D eigenvalue weighted by Gasteiger charge is -2.29. The van der Waals surface area contributed by atoms with Gasteiger partial charge < -0.3 is 5.32 Å². The third-order valence-electron chi connectivity index (χ3n) is 4.95. The van der Waals surface area contributed by atoms with Crippen LogP contribution >= 0.6 is 0 Å². The Labute approximate surface area is 131 Å². The van der Waals surface area contributed by atoms with E-state index in [-0.39, 0.29) is 0 Å². The van der Waals surface area contributed by atoms with Crippen LogP contribution in [0.5, 0.6) is 0 Å². The SMILES string of the molecule is CCCC(CCC)C(NCC)c1ccc2c(c1)CCCC2. The highest BCUT2D eigenvalue weighted by atomic mass is 14.9. The van der Waals surface area contributed by atoms with E-state index in [0.29, 0.717) is 6.04 Å². The van der Waals surface area contributed by atoms with Crippen molar-refractivity contribution in [2.45, 2.75) is 78.2 Å². The molecule has 0 spiro atoms. The van der Waals surface area contributed by atoms with Gasteiger partial charge in [-0.1, -0.05) is 51.8 Å². The van der Waals surface area contributed by atoms with Crippen LogP contribution in [0.4, 0.5) is 0 Å². The molecule has 1 N–H and O–H groups in total. The summed E-state index contributed by atoms with van der Waals surface area (Å²) in [6.07, 6.45) is 10.6. The van der Waals surface area contributed by atoms with E-state index in [4.69, 9.17) is 0 Å². The Bertz CT molecular complexity index is 418. The van der Waals surface area contributed by atoms with E-state index < -0.39 is 0 Å². The zero-order valence-electron chi connectivity index (χ0n) is 14.3. The number of hydrogen-bond donors (Lipinski definition) is 1. The molecule has 1 aromatic rings. The van der Waals surface area contributed by atoms with E-state index in [1.165, 1.54) is 56.9 Å². The average molecular weight is 287 g/mol. The predicted octanol–water partition coefficient (Wildman–Crippen LogP) is 5.43. The minimum atomic E-state index is 0.544.